The zero-order valence-electron chi connectivity index (χ0n) is 35.9. The summed E-state index contributed by atoms with van der Waals surface area (Å²) in [6.45, 7) is 17.7. The molecule has 0 saturated heterocycles. The van der Waals surface area contributed by atoms with Crippen LogP contribution in [0.25, 0.3) is 83.5 Å². The molecular weight excluding hydrogens is 928 g/mol. The van der Waals surface area contributed by atoms with Gasteiger partial charge in [0.1, 0.15) is 5.75 Å². The monoisotopic (exact) mass is 976 g/mol. The number of para-hydroxylation sites is 2. The van der Waals surface area contributed by atoms with E-state index in [0.29, 0.717) is 11.3 Å². The van der Waals surface area contributed by atoms with Crippen molar-refractivity contribution in [3.05, 3.63) is 174 Å². The molecule has 0 aliphatic carbocycles. The Hall–Kier alpha value is -6.16. The maximum Gasteiger partial charge on any atom is 0.124 e. The quantitative estimate of drug-likeness (QED) is 0.169. The topological polar surface area (TPSA) is 63.8 Å². The summed E-state index contributed by atoms with van der Waals surface area (Å²) >= 11 is 0. The minimum absolute atomic E-state index is 0. The minimum Gasteiger partial charge on any atom is -0.507 e. The fourth-order valence-corrected chi connectivity index (χ4v) is 8.22. The normalized spacial score (nSPS) is 11.9. The third kappa shape index (κ3) is 8.20. The van der Waals surface area contributed by atoms with Crippen LogP contribution >= 0.6 is 0 Å². The van der Waals surface area contributed by atoms with Crippen molar-refractivity contribution in [3.8, 4) is 67.5 Å². The largest absolute Gasteiger partial charge is 0.507 e. The molecular formula is C55H49N4OPt-. The van der Waals surface area contributed by atoms with E-state index >= 15 is 0 Å². The Morgan fingerprint density at radius 2 is 1.10 bits per heavy atom. The summed E-state index contributed by atoms with van der Waals surface area (Å²) in [6, 6.07) is 52.3. The van der Waals surface area contributed by atoms with E-state index in [4.69, 9.17) is 9.97 Å². The second kappa shape index (κ2) is 16.0. The Morgan fingerprint density at radius 1 is 0.508 bits per heavy atom. The van der Waals surface area contributed by atoms with Crippen LogP contribution in [0.5, 0.6) is 5.75 Å². The van der Waals surface area contributed by atoms with Crippen molar-refractivity contribution < 1.29 is 26.2 Å². The van der Waals surface area contributed by atoms with Crippen molar-refractivity contribution in [3.63, 3.8) is 0 Å². The molecule has 0 atom stereocenters. The second-order valence-corrected chi connectivity index (χ2v) is 18.0. The van der Waals surface area contributed by atoms with Gasteiger partial charge in [-0.25, -0.2) is 0 Å². The molecule has 4 aromatic heterocycles. The van der Waals surface area contributed by atoms with E-state index in [1.165, 1.54) is 21.9 Å². The van der Waals surface area contributed by atoms with Gasteiger partial charge in [-0.15, -0.1) is 24.3 Å². The second-order valence-electron chi connectivity index (χ2n) is 18.0. The van der Waals surface area contributed by atoms with Crippen LogP contribution in [-0.4, -0.2) is 24.6 Å². The van der Waals surface area contributed by atoms with Crippen molar-refractivity contribution in [1.29, 1.82) is 0 Å². The summed E-state index contributed by atoms with van der Waals surface area (Å²) in [6.07, 6.45) is 1.88. The van der Waals surface area contributed by atoms with Gasteiger partial charge in [-0.2, -0.15) is 0 Å². The molecule has 0 aliphatic heterocycles. The number of aromatic nitrogens is 4. The number of phenols is 1. The summed E-state index contributed by atoms with van der Waals surface area (Å²) < 4.78 is 2.34. The van der Waals surface area contributed by atoms with Crippen LogP contribution in [0.1, 0.15) is 64.1 Å². The van der Waals surface area contributed by atoms with Gasteiger partial charge in [0.2, 0.25) is 0 Å². The van der Waals surface area contributed by atoms with Crippen molar-refractivity contribution in [1.82, 2.24) is 19.5 Å². The molecule has 0 radical (unpaired) electrons. The first-order chi connectivity index (χ1) is 28.7. The predicted octanol–water partition coefficient (Wildman–Crippen LogP) is 14.0. The van der Waals surface area contributed by atoms with Crippen LogP contribution in [0.4, 0.5) is 0 Å². The van der Waals surface area contributed by atoms with E-state index in [1.54, 1.807) is 6.07 Å². The van der Waals surface area contributed by atoms with Crippen molar-refractivity contribution >= 4 is 21.8 Å². The number of benzene rings is 5. The number of rotatable bonds is 6. The number of phenolic OH excluding ortho intramolecular Hbond substituents is 1. The number of aryl methyl sites for hydroxylation is 2. The summed E-state index contributed by atoms with van der Waals surface area (Å²) in [5.41, 5.74) is 16.9. The molecule has 61 heavy (non-hydrogen) atoms. The minimum atomic E-state index is -0.0425. The Labute approximate surface area is 373 Å². The van der Waals surface area contributed by atoms with Gasteiger partial charge in [-0.3, -0.25) is 15.0 Å². The average molecular weight is 977 g/mol. The Bertz CT molecular complexity index is 3060. The van der Waals surface area contributed by atoms with Gasteiger partial charge in [-0.1, -0.05) is 119 Å². The smallest absolute Gasteiger partial charge is 0.124 e. The number of hydrogen-bond donors (Lipinski definition) is 1. The molecule has 0 amide bonds. The van der Waals surface area contributed by atoms with Gasteiger partial charge in [0.05, 0.1) is 16.7 Å². The molecule has 1 N–H and O–H groups in total. The first-order valence-electron chi connectivity index (χ1n) is 20.6. The molecule has 0 bridgehead atoms. The molecule has 0 saturated carbocycles. The van der Waals surface area contributed by atoms with Gasteiger partial charge in [-0.05, 0) is 113 Å². The molecule has 0 spiro atoms. The van der Waals surface area contributed by atoms with Crippen molar-refractivity contribution in [2.75, 3.05) is 0 Å². The first-order valence-corrected chi connectivity index (χ1v) is 20.6. The fourth-order valence-electron chi connectivity index (χ4n) is 8.22. The maximum absolute atomic E-state index is 11.0. The average Bonchev–Trinajstić information content (AvgIpc) is 3.56. The molecule has 5 aromatic carbocycles. The molecule has 5 nitrogen and oxygen atoms in total. The zero-order chi connectivity index (χ0) is 41.9. The number of pyridine rings is 3. The Balaban J connectivity index is 0.00000514. The van der Waals surface area contributed by atoms with Crippen LogP contribution < -0.4 is 0 Å². The molecule has 6 heteroatoms. The van der Waals surface area contributed by atoms with Gasteiger partial charge >= 0.3 is 0 Å². The van der Waals surface area contributed by atoms with E-state index in [0.717, 1.165) is 72.9 Å². The summed E-state index contributed by atoms with van der Waals surface area (Å²) in [7, 11) is 0. The van der Waals surface area contributed by atoms with E-state index < -0.39 is 0 Å². The van der Waals surface area contributed by atoms with Gasteiger partial charge in [0.25, 0.3) is 0 Å². The number of hydrogen-bond acceptors (Lipinski definition) is 4. The number of nitrogens with zero attached hydrogens (tertiary/aromatic N) is 4. The van der Waals surface area contributed by atoms with Gasteiger partial charge in [0.15, 0.2) is 0 Å². The van der Waals surface area contributed by atoms with Crippen molar-refractivity contribution in [2.45, 2.75) is 66.2 Å². The van der Waals surface area contributed by atoms with Crippen LogP contribution in [0, 0.1) is 19.9 Å². The SMILES string of the molecule is Cc1cc(-n2c3ccccc3c3cc(-c4ccnc(-c5[c-]c(-c6cc(-c7cc(C(C)(C)C)cc(C(C)(C)C)c7)cc(-c7ccccc7O)n6)ccc5)c4)ccc32)cc(C)n1.[Pt]. The zero-order valence-corrected chi connectivity index (χ0v) is 38.2. The first kappa shape index (κ1) is 41.6. The standard InChI is InChI=1S/C55H49N4O.Pt/c1-34-24-44(25-35(2)57-34)59-51-18-11-9-16-45(51)47-29-36(20-21-52(47)59)37-22-23-56-48(30-37)38-14-13-15-39(26-38)49-31-41(32-50(58-49)46-17-10-12-19-53(46)60)40-27-42(54(3,4)5)33-43(28-40)55(6,7)8;/h9-25,27-33,60H,1-8H3;/q-1;. The van der Waals surface area contributed by atoms with E-state index in [1.807, 2.05) is 44.3 Å². The van der Waals surface area contributed by atoms with Crippen molar-refractivity contribution in [2.24, 2.45) is 0 Å². The van der Waals surface area contributed by atoms with Crippen LogP contribution in [-0.2, 0) is 31.9 Å². The van der Waals surface area contributed by atoms with Gasteiger partial charge in [0, 0.05) is 72.1 Å². The molecule has 306 valence electrons. The Kier molecular flexibility index (Phi) is 10.9. The predicted molar refractivity (Wildman–Crippen MR) is 249 cm³/mol. The third-order valence-electron chi connectivity index (χ3n) is 11.4. The summed E-state index contributed by atoms with van der Waals surface area (Å²) in [5, 5.41) is 13.4. The van der Waals surface area contributed by atoms with E-state index in [-0.39, 0.29) is 37.6 Å². The van der Waals surface area contributed by atoms with Crippen LogP contribution in [0.2, 0.25) is 0 Å². The van der Waals surface area contributed by atoms with E-state index in [9.17, 15) is 5.11 Å². The Morgan fingerprint density at radius 3 is 1.80 bits per heavy atom. The molecule has 9 rings (SSSR count). The summed E-state index contributed by atoms with van der Waals surface area (Å²) in [4.78, 5) is 14.7. The molecule has 0 unspecified atom stereocenters. The fraction of sp³-hybridized carbons (Fsp3) is 0.182. The van der Waals surface area contributed by atoms with E-state index in [2.05, 4.69) is 166 Å². The van der Waals surface area contributed by atoms with Gasteiger partial charge < -0.3 is 9.67 Å². The molecule has 0 aliphatic rings. The van der Waals surface area contributed by atoms with Crippen LogP contribution in [0.15, 0.2) is 146 Å². The number of fused-ring (bicyclic) bond motifs is 3. The summed E-state index contributed by atoms with van der Waals surface area (Å²) in [5.74, 6) is 0.191. The third-order valence-corrected chi connectivity index (χ3v) is 11.4. The molecule has 9 aromatic rings. The molecule has 4 heterocycles. The van der Waals surface area contributed by atoms with Crippen LogP contribution in [0.3, 0.4) is 0 Å². The molecule has 0 fully saturated rings. The number of aromatic hydroxyl groups is 1. The maximum atomic E-state index is 11.0.